The van der Waals surface area contributed by atoms with Crippen molar-refractivity contribution in [3.05, 3.63) is 35.0 Å². The third-order valence-electron chi connectivity index (χ3n) is 2.32. The quantitative estimate of drug-likeness (QED) is 0.905. The molecule has 2 aromatic rings. The average Bonchev–Trinajstić information content (AvgIpc) is 2.72. The molecule has 7 heteroatoms. The van der Waals surface area contributed by atoms with Crippen LogP contribution in [0.15, 0.2) is 24.3 Å². The van der Waals surface area contributed by atoms with E-state index in [4.69, 9.17) is 5.11 Å². The number of nitrogens with one attached hydrogen (secondary N) is 1. The van der Waals surface area contributed by atoms with Gasteiger partial charge in [-0.3, -0.25) is 4.79 Å². The number of amides is 1. The lowest BCUT2D eigenvalue weighted by atomic mass is 10.1. The molecule has 0 spiro atoms. The van der Waals surface area contributed by atoms with E-state index < -0.39 is 17.7 Å². The molecule has 0 unspecified atom stereocenters. The zero-order chi connectivity index (χ0) is 14.0. The van der Waals surface area contributed by atoms with Crippen molar-refractivity contribution in [3.8, 4) is 11.3 Å². The van der Waals surface area contributed by atoms with Crippen molar-refractivity contribution in [2.45, 2.75) is 6.92 Å². The number of aromatic nitrogens is 1. The van der Waals surface area contributed by atoms with Gasteiger partial charge in [-0.25, -0.2) is 9.18 Å². The first-order valence-corrected chi connectivity index (χ1v) is 6.03. The minimum atomic E-state index is -1.22. The van der Waals surface area contributed by atoms with Crippen molar-refractivity contribution in [2.24, 2.45) is 0 Å². The molecule has 2 N–H and O–H groups in total. The first-order chi connectivity index (χ1) is 9.00. The number of aromatic carboxylic acids is 1. The van der Waals surface area contributed by atoms with Crippen LogP contribution in [0.4, 0.5) is 10.1 Å². The Morgan fingerprint density at radius 2 is 2.05 bits per heavy atom. The van der Waals surface area contributed by atoms with E-state index in [1.54, 1.807) is 6.07 Å². The molecule has 1 aromatic heterocycles. The van der Waals surface area contributed by atoms with Gasteiger partial charge in [-0.15, -0.1) is 0 Å². The number of nitrogens with zero attached hydrogens (tertiary/aromatic N) is 1. The van der Waals surface area contributed by atoms with E-state index >= 15 is 0 Å². The molecule has 0 aliphatic heterocycles. The minimum absolute atomic E-state index is 0.0232. The number of hydrogen-bond acceptors (Lipinski definition) is 4. The Labute approximate surface area is 111 Å². The van der Waals surface area contributed by atoms with Gasteiger partial charge in [-0.1, -0.05) is 12.1 Å². The smallest absolute Gasteiger partial charge is 0.349 e. The van der Waals surface area contributed by atoms with Crippen LogP contribution >= 0.6 is 11.5 Å². The summed E-state index contributed by atoms with van der Waals surface area (Å²) in [5.41, 5.74) is 0.292. The zero-order valence-corrected chi connectivity index (χ0v) is 10.6. The number of halogens is 1. The van der Waals surface area contributed by atoms with Gasteiger partial charge in [0, 0.05) is 12.5 Å². The van der Waals surface area contributed by atoms with Gasteiger partial charge in [-0.05, 0) is 23.7 Å². The molecule has 19 heavy (non-hydrogen) atoms. The maximum Gasteiger partial charge on any atom is 0.349 e. The predicted molar refractivity (Wildman–Crippen MR) is 68.8 cm³/mol. The molecule has 0 saturated heterocycles. The Kier molecular flexibility index (Phi) is 3.57. The molecule has 0 radical (unpaired) electrons. The van der Waals surface area contributed by atoms with Crippen LogP contribution in [0, 0.1) is 5.82 Å². The topological polar surface area (TPSA) is 79.3 Å². The van der Waals surface area contributed by atoms with Gasteiger partial charge in [-0.2, -0.15) is 4.37 Å². The molecule has 0 bridgehead atoms. The highest BCUT2D eigenvalue weighted by atomic mass is 32.1. The second-order valence-electron chi connectivity index (χ2n) is 3.70. The summed E-state index contributed by atoms with van der Waals surface area (Å²) in [6, 6.07) is 5.84. The molecular formula is C12H9FN2O3S. The van der Waals surface area contributed by atoms with Crippen LogP contribution in [-0.4, -0.2) is 21.4 Å². The number of carboxylic acid groups (broad SMARTS) is 1. The second kappa shape index (κ2) is 5.15. The molecule has 0 saturated carbocycles. The van der Waals surface area contributed by atoms with Crippen molar-refractivity contribution in [2.75, 3.05) is 5.32 Å². The fraction of sp³-hybridized carbons (Fsp3) is 0.0833. The third-order valence-corrected chi connectivity index (χ3v) is 3.15. The Hall–Kier alpha value is -2.28. The van der Waals surface area contributed by atoms with E-state index in [0.29, 0.717) is 11.5 Å². The monoisotopic (exact) mass is 280 g/mol. The lowest BCUT2D eigenvalue weighted by Gasteiger charge is -2.05. The number of carbonyl (C=O) groups excluding carboxylic acids is 1. The summed E-state index contributed by atoms with van der Waals surface area (Å²) in [5.74, 6) is -2.19. The minimum Gasteiger partial charge on any atom is -0.477 e. The molecule has 5 nitrogen and oxygen atoms in total. The van der Waals surface area contributed by atoms with Gasteiger partial charge < -0.3 is 10.4 Å². The highest BCUT2D eigenvalue weighted by molar-refractivity contribution is 7.09. The fourth-order valence-corrected chi connectivity index (χ4v) is 2.25. The summed E-state index contributed by atoms with van der Waals surface area (Å²) >= 11 is 0.699. The SMILES string of the molecule is CC(=O)Nc1c(-c2ccccc2F)nsc1C(=O)O. The van der Waals surface area contributed by atoms with Crippen LogP contribution < -0.4 is 5.32 Å². The van der Waals surface area contributed by atoms with E-state index in [0.717, 1.165) is 0 Å². The van der Waals surface area contributed by atoms with Crippen LogP contribution in [0.1, 0.15) is 16.6 Å². The molecular weight excluding hydrogens is 271 g/mol. The van der Waals surface area contributed by atoms with Crippen molar-refractivity contribution < 1.29 is 19.1 Å². The number of benzene rings is 1. The van der Waals surface area contributed by atoms with Crippen molar-refractivity contribution in [1.82, 2.24) is 4.37 Å². The number of carbonyl (C=O) groups is 2. The zero-order valence-electron chi connectivity index (χ0n) is 9.81. The van der Waals surface area contributed by atoms with Gasteiger partial charge in [0.2, 0.25) is 5.91 Å². The first kappa shape index (κ1) is 13.2. The largest absolute Gasteiger partial charge is 0.477 e. The van der Waals surface area contributed by atoms with Crippen LogP contribution in [-0.2, 0) is 4.79 Å². The molecule has 98 valence electrons. The van der Waals surface area contributed by atoms with Gasteiger partial charge in [0.25, 0.3) is 0 Å². The number of hydrogen-bond donors (Lipinski definition) is 2. The molecule has 0 aliphatic rings. The standard InChI is InChI=1S/C12H9FN2O3S/c1-6(16)14-10-9(15-19-11(10)12(17)18)7-4-2-3-5-8(7)13/h2-5H,1H3,(H,14,16)(H,17,18). The van der Waals surface area contributed by atoms with Crippen molar-refractivity contribution >= 4 is 29.1 Å². The number of rotatable bonds is 3. The molecule has 0 aliphatic carbocycles. The molecule has 1 amide bonds. The maximum absolute atomic E-state index is 13.7. The van der Waals surface area contributed by atoms with Crippen LogP contribution in [0.2, 0.25) is 0 Å². The Balaban J connectivity index is 2.61. The summed E-state index contributed by atoms with van der Waals surface area (Å²) < 4.78 is 17.6. The Bertz CT molecular complexity index is 654. The van der Waals surface area contributed by atoms with E-state index in [-0.39, 0.29) is 21.8 Å². The van der Waals surface area contributed by atoms with E-state index in [2.05, 4.69) is 9.69 Å². The molecule has 0 fully saturated rings. The maximum atomic E-state index is 13.7. The number of anilines is 1. The van der Waals surface area contributed by atoms with Crippen LogP contribution in [0.25, 0.3) is 11.3 Å². The highest BCUT2D eigenvalue weighted by Gasteiger charge is 2.22. The van der Waals surface area contributed by atoms with Gasteiger partial charge in [0.05, 0.1) is 5.69 Å². The van der Waals surface area contributed by atoms with E-state index in [9.17, 15) is 14.0 Å². The van der Waals surface area contributed by atoms with Gasteiger partial charge >= 0.3 is 5.97 Å². The molecule has 1 heterocycles. The Morgan fingerprint density at radius 3 is 2.63 bits per heavy atom. The van der Waals surface area contributed by atoms with Gasteiger partial charge in [0.1, 0.15) is 11.5 Å². The molecule has 1 aromatic carbocycles. The predicted octanol–water partition coefficient (Wildman–Crippen LogP) is 2.61. The summed E-state index contributed by atoms with van der Waals surface area (Å²) in [6.45, 7) is 1.24. The summed E-state index contributed by atoms with van der Waals surface area (Å²) in [5, 5.41) is 11.4. The van der Waals surface area contributed by atoms with Crippen molar-refractivity contribution in [3.63, 3.8) is 0 Å². The van der Waals surface area contributed by atoms with Crippen LogP contribution in [0.5, 0.6) is 0 Å². The summed E-state index contributed by atoms with van der Waals surface area (Å²) in [7, 11) is 0. The third kappa shape index (κ3) is 2.60. The van der Waals surface area contributed by atoms with Crippen molar-refractivity contribution in [1.29, 1.82) is 0 Å². The molecule has 2 rings (SSSR count). The second-order valence-corrected chi connectivity index (χ2v) is 4.47. The Morgan fingerprint density at radius 1 is 1.37 bits per heavy atom. The van der Waals surface area contributed by atoms with E-state index in [1.807, 2.05) is 0 Å². The lowest BCUT2D eigenvalue weighted by molar-refractivity contribution is -0.114. The fourth-order valence-electron chi connectivity index (χ4n) is 1.57. The van der Waals surface area contributed by atoms with Crippen LogP contribution in [0.3, 0.4) is 0 Å². The normalized spacial score (nSPS) is 10.2. The van der Waals surface area contributed by atoms with Gasteiger partial charge in [0.15, 0.2) is 4.88 Å². The molecule has 0 atom stereocenters. The van der Waals surface area contributed by atoms with E-state index in [1.165, 1.54) is 25.1 Å². The average molecular weight is 280 g/mol. The first-order valence-electron chi connectivity index (χ1n) is 5.26. The lowest BCUT2D eigenvalue weighted by Crippen LogP contribution is -2.09. The highest BCUT2D eigenvalue weighted by Crippen LogP contribution is 2.34. The summed E-state index contributed by atoms with van der Waals surface area (Å²) in [4.78, 5) is 22.1. The summed E-state index contributed by atoms with van der Waals surface area (Å²) in [6.07, 6.45) is 0. The number of carboxylic acids is 1.